The molecule has 4 N–H and O–H groups in total. The average Bonchev–Trinajstić information content (AvgIpc) is 2.76. The van der Waals surface area contributed by atoms with Crippen molar-refractivity contribution in [3.05, 3.63) is 47.7 Å². The van der Waals surface area contributed by atoms with E-state index in [4.69, 9.17) is 10.8 Å². The van der Waals surface area contributed by atoms with Crippen molar-refractivity contribution in [2.24, 2.45) is 0 Å². The zero-order valence-electron chi connectivity index (χ0n) is 12.2. The first-order chi connectivity index (χ1) is 10.5. The minimum atomic E-state index is -0.983. The molecule has 0 bridgehead atoms. The number of hydrogen-bond donors (Lipinski definition) is 3. The predicted molar refractivity (Wildman–Crippen MR) is 81.0 cm³/mol. The molecule has 0 saturated carbocycles. The third-order valence-corrected chi connectivity index (χ3v) is 3.14. The Kier molecular flexibility index (Phi) is 4.77. The van der Waals surface area contributed by atoms with Gasteiger partial charge in [0.1, 0.15) is 12.4 Å². The molecule has 0 aliphatic rings. The van der Waals surface area contributed by atoms with E-state index in [2.05, 4.69) is 10.4 Å². The molecule has 1 aromatic heterocycles. The van der Waals surface area contributed by atoms with E-state index < -0.39 is 12.0 Å². The van der Waals surface area contributed by atoms with Crippen LogP contribution in [0.4, 0.5) is 5.82 Å². The number of carbonyl (C=O) groups excluding carboxylic acids is 1. The highest BCUT2D eigenvalue weighted by molar-refractivity contribution is 5.77. The molecular weight excluding hydrogens is 284 g/mol. The summed E-state index contributed by atoms with van der Waals surface area (Å²) in [5.74, 6) is -0.935. The van der Waals surface area contributed by atoms with Crippen LogP contribution in [0.3, 0.4) is 0 Å². The Morgan fingerprint density at radius 3 is 2.59 bits per heavy atom. The van der Waals surface area contributed by atoms with Gasteiger partial charge in [-0.3, -0.25) is 9.59 Å². The molecule has 0 aliphatic heterocycles. The van der Waals surface area contributed by atoms with Crippen LogP contribution in [-0.2, 0) is 16.1 Å². The smallest absolute Gasteiger partial charge is 0.305 e. The van der Waals surface area contributed by atoms with Gasteiger partial charge in [0.25, 0.3) is 0 Å². The van der Waals surface area contributed by atoms with Gasteiger partial charge in [-0.15, -0.1) is 0 Å². The summed E-state index contributed by atoms with van der Waals surface area (Å²) in [4.78, 5) is 23.1. The molecule has 7 heteroatoms. The first kappa shape index (κ1) is 15.6. The van der Waals surface area contributed by atoms with E-state index in [1.54, 1.807) is 37.3 Å². The summed E-state index contributed by atoms with van der Waals surface area (Å²) in [5.41, 5.74) is 7.20. The first-order valence-corrected chi connectivity index (χ1v) is 6.81. The average molecular weight is 302 g/mol. The summed E-state index contributed by atoms with van der Waals surface area (Å²) < 4.78 is 1.38. The largest absolute Gasteiger partial charge is 0.481 e. The third-order valence-electron chi connectivity index (χ3n) is 3.14. The molecule has 2 rings (SSSR count). The van der Waals surface area contributed by atoms with Gasteiger partial charge in [0.2, 0.25) is 5.91 Å². The van der Waals surface area contributed by atoms with Crippen molar-refractivity contribution in [3.63, 3.8) is 0 Å². The zero-order valence-corrected chi connectivity index (χ0v) is 12.2. The van der Waals surface area contributed by atoms with Crippen LogP contribution in [0, 0.1) is 6.92 Å². The lowest BCUT2D eigenvalue weighted by atomic mass is 10.0. The van der Waals surface area contributed by atoms with Crippen LogP contribution in [0.2, 0.25) is 0 Å². The van der Waals surface area contributed by atoms with Crippen LogP contribution in [0.1, 0.15) is 23.7 Å². The Bertz CT molecular complexity index is 667. The number of carbonyl (C=O) groups is 2. The minimum absolute atomic E-state index is 0.0530. The van der Waals surface area contributed by atoms with E-state index in [9.17, 15) is 9.59 Å². The topological polar surface area (TPSA) is 110 Å². The van der Waals surface area contributed by atoms with Gasteiger partial charge in [-0.2, -0.15) is 5.10 Å². The zero-order chi connectivity index (χ0) is 16.1. The van der Waals surface area contributed by atoms with Gasteiger partial charge in [-0.25, -0.2) is 4.68 Å². The number of aryl methyl sites for hydroxylation is 1. The second-order valence-corrected chi connectivity index (χ2v) is 5.00. The van der Waals surface area contributed by atoms with Crippen LogP contribution in [0.5, 0.6) is 0 Å². The number of carboxylic acid groups (broad SMARTS) is 1. The van der Waals surface area contributed by atoms with Gasteiger partial charge in [-0.1, -0.05) is 30.3 Å². The molecule has 2 aromatic rings. The molecule has 0 fully saturated rings. The number of hydrogen-bond acceptors (Lipinski definition) is 4. The highest BCUT2D eigenvalue weighted by Crippen LogP contribution is 2.16. The standard InChI is InChI=1S/C15H18N4O3/c1-10-7-13(16)19(18-10)9-14(20)17-12(8-15(21)22)11-5-3-2-4-6-11/h2-7,12H,8-9,16H2,1H3,(H,17,20)(H,21,22)/t12-/m1/s1. The molecule has 0 saturated heterocycles. The lowest BCUT2D eigenvalue weighted by molar-refractivity contribution is -0.137. The Balaban J connectivity index is 2.08. The summed E-state index contributed by atoms with van der Waals surface area (Å²) >= 11 is 0. The molecule has 1 heterocycles. The molecule has 0 unspecified atom stereocenters. The fourth-order valence-corrected chi connectivity index (χ4v) is 2.18. The molecule has 0 spiro atoms. The lowest BCUT2D eigenvalue weighted by Crippen LogP contribution is -2.33. The van der Waals surface area contributed by atoms with Gasteiger partial charge in [0, 0.05) is 6.07 Å². The Morgan fingerprint density at radius 1 is 1.36 bits per heavy atom. The van der Waals surface area contributed by atoms with E-state index in [1.165, 1.54) is 4.68 Å². The minimum Gasteiger partial charge on any atom is -0.481 e. The maximum absolute atomic E-state index is 12.1. The van der Waals surface area contributed by atoms with E-state index in [-0.39, 0.29) is 18.9 Å². The normalized spacial score (nSPS) is 11.9. The molecular formula is C15H18N4O3. The fourth-order valence-electron chi connectivity index (χ4n) is 2.18. The molecule has 1 amide bonds. The summed E-state index contributed by atoms with van der Waals surface area (Å²) in [6, 6.07) is 10.1. The number of aliphatic carboxylic acids is 1. The second-order valence-electron chi connectivity index (χ2n) is 5.00. The van der Waals surface area contributed by atoms with Crippen LogP contribution in [0.15, 0.2) is 36.4 Å². The second kappa shape index (κ2) is 6.75. The van der Waals surface area contributed by atoms with Gasteiger partial charge < -0.3 is 16.2 Å². The molecule has 22 heavy (non-hydrogen) atoms. The number of nitrogen functional groups attached to an aromatic ring is 1. The maximum Gasteiger partial charge on any atom is 0.305 e. The number of nitrogens with two attached hydrogens (primary N) is 1. The van der Waals surface area contributed by atoms with Crippen molar-refractivity contribution in [3.8, 4) is 0 Å². The van der Waals surface area contributed by atoms with Gasteiger partial charge in [0.05, 0.1) is 18.2 Å². The number of aromatic nitrogens is 2. The van der Waals surface area contributed by atoms with E-state index >= 15 is 0 Å². The van der Waals surface area contributed by atoms with Crippen molar-refractivity contribution in [1.82, 2.24) is 15.1 Å². The maximum atomic E-state index is 12.1. The van der Waals surface area contributed by atoms with Crippen molar-refractivity contribution in [1.29, 1.82) is 0 Å². The number of anilines is 1. The number of amides is 1. The summed E-state index contributed by atoms with van der Waals surface area (Å²) in [7, 11) is 0. The molecule has 0 aliphatic carbocycles. The number of rotatable bonds is 6. The van der Waals surface area contributed by atoms with Crippen molar-refractivity contribution >= 4 is 17.7 Å². The lowest BCUT2D eigenvalue weighted by Gasteiger charge is -2.17. The molecule has 116 valence electrons. The molecule has 1 atom stereocenters. The van der Waals surface area contributed by atoms with E-state index in [0.717, 1.165) is 11.3 Å². The van der Waals surface area contributed by atoms with E-state index in [0.29, 0.717) is 5.82 Å². The first-order valence-electron chi connectivity index (χ1n) is 6.81. The van der Waals surface area contributed by atoms with Crippen molar-refractivity contribution in [2.45, 2.75) is 25.9 Å². The summed E-state index contributed by atoms with van der Waals surface area (Å²) in [5, 5.41) is 15.8. The molecule has 0 radical (unpaired) electrons. The van der Waals surface area contributed by atoms with Crippen LogP contribution >= 0.6 is 0 Å². The fraction of sp³-hybridized carbons (Fsp3) is 0.267. The van der Waals surface area contributed by atoms with Crippen molar-refractivity contribution < 1.29 is 14.7 Å². The number of carboxylic acids is 1. The number of benzene rings is 1. The van der Waals surface area contributed by atoms with Crippen LogP contribution in [-0.4, -0.2) is 26.8 Å². The van der Waals surface area contributed by atoms with Crippen LogP contribution < -0.4 is 11.1 Å². The number of nitrogens with one attached hydrogen (secondary N) is 1. The Labute approximate surface area is 127 Å². The van der Waals surface area contributed by atoms with Gasteiger partial charge >= 0.3 is 5.97 Å². The quantitative estimate of drug-likeness (QED) is 0.740. The third kappa shape index (κ3) is 4.08. The predicted octanol–water partition coefficient (Wildman–Crippen LogP) is 1.11. The van der Waals surface area contributed by atoms with E-state index in [1.807, 2.05) is 6.07 Å². The Morgan fingerprint density at radius 2 is 2.05 bits per heavy atom. The highest BCUT2D eigenvalue weighted by Gasteiger charge is 2.18. The van der Waals surface area contributed by atoms with Gasteiger partial charge in [-0.05, 0) is 12.5 Å². The SMILES string of the molecule is Cc1cc(N)n(CC(=O)N[C@H](CC(=O)O)c2ccccc2)n1. The summed E-state index contributed by atoms with van der Waals surface area (Å²) in [6.07, 6.45) is -0.191. The molecule has 1 aromatic carbocycles. The monoisotopic (exact) mass is 302 g/mol. The number of nitrogens with zero attached hydrogens (tertiary/aromatic N) is 2. The molecule has 7 nitrogen and oxygen atoms in total. The summed E-state index contributed by atoms with van der Waals surface area (Å²) in [6.45, 7) is 1.73. The van der Waals surface area contributed by atoms with Gasteiger partial charge in [0.15, 0.2) is 0 Å². The van der Waals surface area contributed by atoms with Crippen LogP contribution in [0.25, 0.3) is 0 Å². The van der Waals surface area contributed by atoms with Crippen molar-refractivity contribution in [2.75, 3.05) is 5.73 Å². The Hall–Kier alpha value is -2.83. The highest BCUT2D eigenvalue weighted by atomic mass is 16.4.